The van der Waals surface area contributed by atoms with Crippen LogP contribution in [-0.4, -0.2) is 22.1 Å². The summed E-state index contributed by atoms with van der Waals surface area (Å²) >= 11 is 0. The number of benzene rings is 2. The van der Waals surface area contributed by atoms with Gasteiger partial charge in [-0.25, -0.2) is 8.42 Å². The quantitative estimate of drug-likeness (QED) is 0.877. The van der Waals surface area contributed by atoms with E-state index >= 15 is 0 Å². The van der Waals surface area contributed by atoms with E-state index < -0.39 is 10.0 Å². The molecule has 6 heteroatoms. The molecule has 2 rings (SSSR count). The Balaban J connectivity index is 2.36. The molecule has 0 aliphatic rings. The van der Waals surface area contributed by atoms with Crippen molar-refractivity contribution in [1.29, 1.82) is 0 Å². The SMILES string of the molecule is CCOc1cccc(NS(=O)(=O)c2ccc(OC)c(C)c2C)c1. The van der Waals surface area contributed by atoms with Crippen LogP contribution in [0.3, 0.4) is 0 Å². The van der Waals surface area contributed by atoms with Crippen LogP contribution in [-0.2, 0) is 10.0 Å². The number of anilines is 1. The van der Waals surface area contributed by atoms with Crippen molar-refractivity contribution < 1.29 is 17.9 Å². The molecule has 1 N–H and O–H groups in total. The van der Waals surface area contributed by atoms with Gasteiger partial charge >= 0.3 is 0 Å². The lowest BCUT2D eigenvalue weighted by molar-refractivity contribution is 0.340. The van der Waals surface area contributed by atoms with Crippen LogP contribution in [0.4, 0.5) is 5.69 Å². The lowest BCUT2D eigenvalue weighted by Crippen LogP contribution is -2.15. The molecule has 0 unspecified atom stereocenters. The van der Waals surface area contributed by atoms with Crippen molar-refractivity contribution in [2.24, 2.45) is 0 Å². The first-order valence-corrected chi connectivity index (χ1v) is 8.77. The molecule has 0 saturated heterocycles. The van der Waals surface area contributed by atoms with E-state index in [9.17, 15) is 8.42 Å². The maximum atomic E-state index is 12.7. The number of ether oxygens (including phenoxy) is 2. The molecule has 0 bridgehead atoms. The van der Waals surface area contributed by atoms with Crippen LogP contribution in [0.15, 0.2) is 41.3 Å². The van der Waals surface area contributed by atoms with Gasteiger partial charge in [-0.05, 0) is 56.2 Å². The van der Waals surface area contributed by atoms with Gasteiger partial charge in [0.2, 0.25) is 0 Å². The number of hydrogen-bond acceptors (Lipinski definition) is 4. The second-order valence-corrected chi connectivity index (χ2v) is 6.73. The molecule has 2 aromatic carbocycles. The highest BCUT2D eigenvalue weighted by molar-refractivity contribution is 7.92. The van der Waals surface area contributed by atoms with Crippen LogP contribution in [0.25, 0.3) is 0 Å². The molecular formula is C17H21NO4S. The van der Waals surface area contributed by atoms with Crippen LogP contribution in [0.2, 0.25) is 0 Å². The molecule has 0 radical (unpaired) electrons. The van der Waals surface area contributed by atoms with Crippen LogP contribution in [0, 0.1) is 13.8 Å². The molecule has 124 valence electrons. The molecule has 2 aromatic rings. The topological polar surface area (TPSA) is 64.6 Å². The van der Waals surface area contributed by atoms with Gasteiger partial charge in [-0.2, -0.15) is 0 Å². The minimum Gasteiger partial charge on any atom is -0.496 e. The Morgan fingerprint density at radius 1 is 1.09 bits per heavy atom. The second-order valence-electron chi connectivity index (χ2n) is 5.08. The van der Waals surface area contributed by atoms with Gasteiger partial charge in [0, 0.05) is 6.07 Å². The van der Waals surface area contributed by atoms with E-state index in [1.165, 1.54) is 0 Å². The van der Waals surface area contributed by atoms with Gasteiger partial charge in [-0.1, -0.05) is 6.07 Å². The highest BCUT2D eigenvalue weighted by Crippen LogP contribution is 2.28. The molecular weight excluding hydrogens is 314 g/mol. The maximum Gasteiger partial charge on any atom is 0.262 e. The van der Waals surface area contributed by atoms with Gasteiger partial charge < -0.3 is 9.47 Å². The molecule has 0 amide bonds. The number of hydrogen-bond donors (Lipinski definition) is 1. The number of nitrogens with one attached hydrogen (secondary N) is 1. The summed E-state index contributed by atoms with van der Waals surface area (Å²) in [6, 6.07) is 10.1. The molecule has 0 aliphatic heterocycles. The van der Waals surface area contributed by atoms with Crippen LogP contribution < -0.4 is 14.2 Å². The molecule has 0 aliphatic carbocycles. The average Bonchev–Trinajstić information content (AvgIpc) is 2.50. The predicted molar refractivity (Wildman–Crippen MR) is 90.9 cm³/mol. The first kappa shape index (κ1) is 17.1. The van der Waals surface area contributed by atoms with Gasteiger partial charge in [0.05, 0.1) is 24.3 Å². The van der Waals surface area contributed by atoms with Gasteiger partial charge in [0.25, 0.3) is 10.0 Å². The minimum absolute atomic E-state index is 0.234. The number of sulfonamides is 1. The van der Waals surface area contributed by atoms with Crippen LogP contribution >= 0.6 is 0 Å². The number of rotatable bonds is 6. The van der Waals surface area contributed by atoms with Crippen molar-refractivity contribution in [3.05, 3.63) is 47.5 Å². The molecule has 23 heavy (non-hydrogen) atoms. The average molecular weight is 335 g/mol. The standard InChI is InChI=1S/C17H21NO4S/c1-5-22-15-8-6-7-14(11-15)18-23(19,20)17-10-9-16(21-4)12(2)13(17)3/h6-11,18H,5H2,1-4H3. The van der Waals surface area contributed by atoms with E-state index in [4.69, 9.17) is 9.47 Å². The Kier molecular flexibility index (Phi) is 5.15. The summed E-state index contributed by atoms with van der Waals surface area (Å²) in [5.74, 6) is 1.29. The Labute approximate surface area is 137 Å². The van der Waals surface area contributed by atoms with Crippen molar-refractivity contribution in [2.45, 2.75) is 25.7 Å². The monoisotopic (exact) mass is 335 g/mol. The first-order valence-electron chi connectivity index (χ1n) is 7.29. The molecule has 0 spiro atoms. The molecule has 5 nitrogen and oxygen atoms in total. The minimum atomic E-state index is -3.68. The lowest BCUT2D eigenvalue weighted by Gasteiger charge is -2.14. The largest absolute Gasteiger partial charge is 0.496 e. The summed E-state index contributed by atoms with van der Waals surface area (Å²) < 4.78 is 38.5. The van der Waals surface area contributed by atoms with E-state index in [1.807, 2.05) is 13.8 Å². The number of methoxy groups -OCH3 is 1. The van der Waals surface area contributed by atoms with E-state index in [0.29, 0.717) is 29.4 Å². The summed E-state index contributed by atoms with van der Waals surface area (Å²) in [7, 11) is -2.12. The fourth-order valence-electron chi connectivity index (χ4n) is 2.31. The Bertz CT molecular complexity index is 800. The fourth-order valence-corrected chi connectivity index (χ4v) is 3.66. The zero-order chi connectivity index (χ0) is 17.0. The van der Waals surface area contributed by atoms with Gasteiger partial charge in [-0.3, -0.25) is 4.72 Å². The van der Waals surface area contributed by atoms with E-state index in [-0.39, 0.29) is 4.90 Å². The van der Waals surface area contributed by atoms with Crippen molar-refractivity contribution >= 4 is 15.7 Å². The van der Waals surface area contributed by atoms with Crippen molar-refractivity contribution in [1.82, 2.24) is 0 Å². The second kappa shape index (κ2) is 6.91. The fraction of sp³-hybridized carbons (Fsp3) is 0.294. The zero-order valence-electron chi connectivity index (χ0n) is 13.7. The molecule has 0 aromatic heterocycles. The van der Waals surface area contributed by atoms with Gasteiger partial charge in [-0.15, -0.1) is 0 Å². The summed E-state index contributed by atoms with van der Waals surface area (Å²) in [6.45, 7) is 6.00. The van der Waals surface area contributed by atoms with Crippen molar-refractivity contribution in [3.63, 3.8) is 0 Å². The smallest absolute Gasteiger partial charge is 0.262 e. The molecule has 0 fully saturated rings. The third kappa shape index (κ3) is 3.76. The summed E-state index contributed by atoms with van der Waals surface area (Å²) in [6.07, 6.45) is 0. The van der Waals surface area contributed by atoms with Crippen LogP contribution in [0.5, 0.6) is 11.5 Å². The normalized spacial score (nSPS) is 11.1. The van der Waals surface area contributed by atoms with Gasteiger partial charge in [0.1, 0.15) is 11.5 Å². The Morgan fingerprint density at radius 2 is 1.83 bits per heavy atom. The maximum absolute atomic E-state index is 12.7. The third-order valence-electron chi connectivity index (χ3n) is 3.59. The highest BCUT2D eigenvalue weighted by atomic mass is 32.2. The first-order chi connectivity index (χ1) is 10.9. The predicted octanol–water partition coefficient (Wildman–Crippen LogP) is 3.51. The molecule has 0 atom stereocenters. The zero-order valence-corrected chi connectivity index (χ0v) is 14.5. The molecule has 0 saturated carbocycles. The summed E-state index contributed by atoms with van der Waals surface area (Å²) in [5.41, 5.74) is 1.93. The summed E-state index contributed by atoms with van der Waals surface area (Å²) in [5, 5.41) is 0. The van der Waals surface area contributed by atoms with E-state index in [0.717, 1.165) is 5.56 Å². The van der Waals surface area contributed by atoms with E-state index in [1.54, 1.807) is 50.4 Å². The summed E-state index contributed by atoms with van der Waals surface area (Å²) in [4.78, 5) is 0.234. The third-order valence-corrected chi connectivity index (χ3v) is 5.12. The molecule has 0 heterocycles. The van der Waals surface area contributed by atoms with E-state index in [2.05, 4.69) is 4.72 Å². The van der Waals surface area contributed by atoms with Crippen molar-refractivity contribution in [3.8, 4) is 11.5 Å². The Morgan fingerprint density at radius 3 is 2.48 bits per heavy atom. The van der Waals surface area contributed by atoms with Crippen LogP contribution in [0.1, 0.15) is 18.1 Å². The lowest BCUT2D eigenvalue weighted by atomic mass is 10.1. The highest BCUT2D eigenvalue weighted by Gasteiger charge is 2.19. The Hall–Kier alpha value is -2.21. The van der Waals surface area contributed by atoms with Crippen molar-refractivity contribution in [2.75, 3.05) is 18.4 Å². The van der Waals surface area contributed by atoms with Gasteiger partial charge in [0.15, 0.2) is 0 Å².